The number of ketones is 1. The van der Waals surface area contributed by atoms with Crippen LogP contribution < -0.4 is 0 Å². The number of rotatable bonds is 3. The number of Topliss-reactive ketones (excluding diaryl/α,β-unsaturated/α-hetero) is 1. The second-order valence-corrected chi connectivity index (χ2v) is 7.68. The fourth-order valence-corrected chi connectivity index (χ4v) is 4.79. The van der Waals surface area contributed by atoms with Gasteiger partial charge in [0.25, 0.3) is 0 Å². The summed E-state index contributed by atoms with van der Waals surface area (Å²) in [5, 5.41) is 0. The predicted molar refractivity (Wildman–Crippen MR) is 64.5 cm³/mol. The van der Waals surface area contributed by atoms with Crippen LogP contribution in [0.5, 0.6) is 0 Å². The Morgan fingerprint density at radius 1 is 1.40 bits per heavy atom. The average Bonchev–Trinajstić information content (AvgIpc) is 2.70. The van der Waals surface area contributed by atoms with Crippen LogP contribution in [0.15, 0.2) is 0 Å². The van der Waals surface area contributed by atoms with Crippen molar-refractivity contribution in [1.82, 2.24) is 0 Å². The summed E-state index contributed by atoms with van der Waals surface area (Å²) in [7, 11) is -5.83. The minimum absolute atomic E-state index is 0.0490. The molecule has 2 rings (SSSR count). The van der Waals surface area contributed by atoms with Crippen molar-refractivity contribution < 1.29 is 30.6 Å². The summed E-state index contributed by atoms with van der Waals surface area (Å²) in [4.78, 5) is 12.4. The van der Waals surface area contributed by atoms with E-state index in [0.29, 0.717) is 6.42 Å². The molecule has 1 unspecified atom stereocenters. The number of hydrogen-bond acceptors (Lipinski definition) is 4. The van der Waals surface area contributed by atoms with E-state index in [2.05, 4.69) is 4.18 Å². The molecule has 9 heteroatoms. The number of fused-ring (bicyclic) bond motifs is 2. The molecule has 2 saturated carbocycles. The van der Waals surface area contributed by atoms with E-state index in [0.717, 1.165) is 0 Å². The Labute approximate surface area is 119 Å². The molecule has 2 fully saturated rings. The van der Waals surface area contributed by atoms with E-state index in [4.69, 9.17) is 11.6 Å². The first-order valence-corrected chi connectivity index (χ1v) is 7.97. The summed E-state index contributed by atoms with van der Waals surface area (Å²) >= 11 is 5.75. The SMILES string of the molecule is CC1(C)C(=O)[C@@]2(OS(=O)(=O)C(F)(F)F)CC[C@@H]1C2CCl. The van der Waals surface area contributed by atoms with Gasteiger partial charge in [-0.05, 0) is 18.8 Å². The van der Waals surface area contributed by atoms with Gasteiger partial charge in [0.15, 0.2) is 11.4 Å². The van der Waals surface area contributed by atoms with Crippen molar-refractivity contribution >= 4 is 27.5 Å². The minimum Gasteiger partial charge on any atom is -0.296 e. The normalized spacial score (nSPS) is 36.6. The molecule has 0 aromatic carbocycles. The van der Waals surface area contributed by atoms with E-state index < -0.39 is 38.3 Å². The molecule has 2 aliphatic rings. The molecule has 0 amide bonds. The Morgan fingerprint density at radius 3 is 2.40 bits per heavy atom. The van der Waals surface area contributed by atoms with Crippen LogP contribution >= 0.6 is 11.6 Å². The lowest BCUT2D eigenvalue weighted by Crippen LogP contribution is -2.49. The average molecular weight is 335 g/mol. The Hall–Kier alpha value is -0.340. The number of hydrogen-bond donors (Lipinski definition) is 0. The van der Waals surface area contributed by atoms with Crippen molar-refractivity contribution in [3.05, 3.63) is 0 Å². The lowest BCUT2D eigenvalue weighted by atomic mass is 9.74. The maximum atomic E-state index is 12.5. The van der Waals surface area contributed by atoms with Gasteiger partial charge in [-0.25, -0.2) is 4.18 Å². The van der Waals surface area contributed by atoms with Gasteiger partial charge in [0.05, 0.1) is 0 Å². The van der Waals surface area contributed by atoms with E-state index in [1.54, 1.807) is 13.8 Å². The lowest BCUT2D eigenvalue weighted by molar-refractivity contribution is -0.142. The highest BCUT2D eigenvalue weighted by Crippen LogP contribution is 2.61. The van der Waals surface area contributed by atoms with Crippen LogP contribution in [0.1, 0.15) is 26.7 Å². The van der Waals surface area contributed by atoms with E-state index in [1.807, 2.05) is 0 Å². The summed E-state index contributed by atoms with van der Waals surface area (Å²) in [6, 6.07) is 0. The number of halogens is 4. The largest absolute Gasteiger partial charge is 0.523 e. The quantitative estimate of drug-likeness (QED) is 0.452. The van der Waals surface area contributed by atoms with Crippen LogP contribution in [0.2, 0.25) is 0 Å². The zero-order chi connectivity index (χ0) is 15.6. The number of carbonyl (C=O) groups excluding carboxylic acids is 1. The molecule has 2 bridgehead atoms. The molecule has 0 N–H and O–H groups in total. The van der Waals surface area contributed by atoms with E-state index in [-0.39, 0.29) is 18.2 Å². The van der Waals surface area contributed by atoms with E-state index in [1.165, 1.54) is 0 Å². The molecule has 0 spiro atoms. The third kappa shape index (κ3) is 1.91. The standard InChI is InChI=1S/C11H14ClF3O4S/c1-9(2)6-3-4-10(8(9)16,7(6)5-12)19-20(17,18)11(13,14)15/h6-7H,3-5H2,1-2H3/t6-,7?,10-/m1/s1. The predicted octanol–water partition coefficient (Wildman–Crippen LogP) is 2.47. The van der Waals surface area contributed by atoms with Gasteiger partial charge in [0.1, 0.15) is 0 Å². The van der Waals surface area contributed by atoms with Gasteiger partial charge in [-0.15, -0.1) is 11.6 Å². The molecule has 4 nitrogen and oxygen atoms in total. The molecule has 0 aromatic rings. The zero-order valence-corrected chi connectivity index (χ0v) is 12.4. The third-order valence-corrected chi connectivity index (χ3v) is 5.93. The minimum atomic E-state index is -5.83. The molecule has 0 aliphatic heterocycles. The highest BCUT2D eigenvalue weighted by atomic mass is 35.5. The van der Waals surface area contributed by atoms with Crippen molar-refractivity contribution in [3.63, 3.8) is 0 Å². The highest BCUT2D eigenvalue weighted by Gasteiger charge is 2.71. The maximum Gasteiger partial charge on any atom is 0.523 e. The van der Waals surface area contributed by atoms with Crippen LogP contribution in [0, 0.1) is 17.3 Å². The maximum absolute atomic E-state index is 12.5. The van der Waals surface area contributed by atoms with Gasteiger partial charge < -0.3 is 0 Å². The zero-order valence-electron chi connectivity index (χ0n) is 10.8. The van der Waals surface area contributed by atoms with Crippen LogP contribution in [-0.4, -0.2) is 31.2 Å². The molecule has 0 saturated heterocycles. The lowest BCUT2D eigenvalue weighted by Gasteiger charge is -2.32. The third-order valence-electron chi connectivity index (χ3n) is 4.52. The number of carbonyl (C=O) groups is 1. The highest BCUT2D eigenvalue weighted by molar-refractivity contribution is 7.87. The molecule has 116 valence electrons. The van der Waals surface area contributed by atoms with Gasteiger partial charge in [-0.1, -0.05) is 13.8 Å². The Bertz CT molecular complexity index is 542. The first-order valence-electron chi connectivity index (χ1n) is 6.03. The fourth-order valence-electron chi connectivity index (χ4n) is 3.56. The topological polar surface area (TPSA) is 60.4 Å². The number of alkyl halides is 4. The van der Waals surface area contributed by atoms with Crippen LogP contribution in [0.25, 0.3) is 0 Å². The van der Waals surface area contributed by atoms with Crippen molar-refractivity contribution in [2.24, 2.45) is 17.3 Å². The van der Waals surface area contributed by atoms with Crippen molar-refractivity contribution in [2.75, 3.05) is 5.88 Å². The van der Waals surface area contributed by atoms with E-state index >= 15 is 0 Å². The second kappa shape index (κ2) is 4.33. The van der Waals surface area contributed by atoms with E-state index in [9.17, 15) is 26.4 Å². The summed E-state index contributed by atoms with van der Waals surface area (Å²) < 4.78 is 64.4. The fraction of sp³-hybridized carbons (Fsp3) is 0.909. The second-order valence-electron chi connectivity index (χ2n) is 5.83. The smallest absolute Gasteiger partial charge is 0.296 e. The van der Waals surface area contributed by atoms with Gasteiger partial charge >= 0.3 is 15.6 Å². The molecular formula is C11H14ClF3O4S. The van der Waals surface area contributed by atoms with Gasteiger partial charge in [0.2, 0.25) is 0 Å². The van der Waals surface area contributed by atoms with Gasteiger partial charge in [0, 0.05) is 17.2 Å². The first-order chi connectivity index (χ1) is 8.90. The molecule has 0 radical (unpaired) electrons. The summed E-state index contributed by atoms with van der Waals surface area (Å²) in [6.45, 7) is 3.17. The summed E-state index contributed by atoms with van der Waals surface area (Å²) in [6.07, 6.45) is 0.371. The Kier molecular flexibility index (Phi) is 3.47. The molecule has 20 heavy (non-hydrogen) atoms. The Morgan fingerprint density at radius 2 is 1.95 bits per heavy atom. The summed E-state index contributed by atoms with van der Waals surface area (Å²) in [5.74, 6) is -1.72. The molecule has 0 heterocycles. The van der Waals surface area contributed by atoms with Gasteiger partial charge in [-0.3, -0.25) is 4.79 Å². The molecule has 2 aliphatic carbocycles. The molecule has 0 aromatic heterocycles. The Balaban J connectivity index is 2.46. The summed E-state index contributed by atoms with van der Waals surface area (Å²) in [5.41, 5.74) is -8.45. The van der Waals surface area contributed by atoms with Crippen molar-refractivity contribution in [2.45, 2.75) is 37.8 Å². The first kappa shape index (κ1) is 16.0. The van der Waals surface area contributed by atoms with Gasteiger partial charge in [-0.2, -0.15) is 21.6 Å². The molecule has 3 atom stereocenters. The van der Waals surface area contributed by atoms with Crippen LogP contribution in [-0.2, 0) is 19.1 Å². The van der Waals surface area contributed by atoms with Crippen molar-refractivity contribution in [3.8, 4) is 0 Å². The van der Waals surface area contributed by atoms with Crippen molar-refractivity contribution in [1.29, 1.82) is 0 Å². The molecular weight excluding hydrogens is 321 g/mol. The van der Waals surface area contributed by atoms with Crippen LogP contribution in [0.3, 0.4) is 0 Å². The monoisotopic (exact) mass is 334 g/mol. The van der Waals surface area contributed by atoms with Crippen LogP contribution in [0.4, 0.5) is 13.2 Å².